The highest BCUT2D eigenvalue weighted by molar-refractivity contribution is 6.31. The van der Waals surface area contributed by atoms with Gasteiger partial charge in [-0.15, -0.1) is 0 Å². The summed E-state index contributed by atoms with van der Waals surface area (Å²) in [5.74, 6) is 0. The zero-order valence-electron chi connectivity index (χ0n) is 12.9. The van der Waals surface area contributed by atoms with E-state index in [1.807, 2.05) is 25.1 Å². The maximum atomic E-state index is 6.31. The number of aryl methyl sites for hydroxylation is 2. The van der Waals surface area contributed by atoms with Crippen LogP contribution in [0.3, 0.4) is 0 Å². The second-order valence-electron chi connectivity index (χ2n) is 5.15. The molecule has 0 amide bonds. The van der Waals surface area contributed by atoms with Crippen molar-refractivity contribution in [2.24, 2.45) is 0 Å². The maximum absolute atomic E-state index is 6.31. The first-order chi connectivity index (χ1) is 10.2. The molecule has 0 saturated carbocycles. The van der Waals surface area contributed by atoms with E-state index in [4.69, 9.17) is 11.6 Å². The van der Waals surface area contributed by atoms with Crippen molar-refractivity contribution in [1.82, 2.24) is 15.5 Å². The van der Waals surface area contributed by atoms with Crippen molar-refractivity contribution in [3.8, 4) is 0 Å². The normalized spacial score (nSPS) is 12.4. The molecule has 21 heavy (non-hydrogen) atoms. The zero-order chi connectivity index (χ0) is 15.2. The monoisotopic (exact) mass is 303 g/mol. The lowest BCUT2D eigenvalue weighted by molar-refractivity contribution is 0.540. The summed E-state index contributed by atoms with van der Waals surface area (Å²) in [7, 11) is 0. The van der Waals surface area contributed by atoms with Crippen LogP contribution < -0.4 is 5.32 Å². The highest BCUT2D eigenvalue weighted by Crippen LogP contribution is 2.25. The fourth-order valence-corrected chi connectivity index (χ4v) is 2.75. The van der Waals surface area contributed by atoms with Crippen LogP contribution in [0, 0.1) is 6.92 Å². The number of aromatic nitrogens is 2. The van der Waals surface area contributed by atoms with Gasteiger partial charge in [-0.2, -0.15) is 10.2 Å². The molecule has 4 heteroatoms. The van der Waals surface area contributed by atoms with E-state index in [0.29, 0.717) is 0 Å². The molecule has 1 atom stereocenters. The third-order valence-electron chi connectivity index (χ3n) is 3.57. The quantitative estimate of drug-likeness (QED) is 0.879. The molecule has 2 aromatic rings. The minimum atomic E-state index is 0.207. The van der Waals surface area contributed by atoms with Crippen LogP contribution in [0.1, 0.15) is 42.4 Å². The second kappa shape index (κ2) is 7.53. The van der Waals surface area contributed by atoms with Crippen molar-refractivity contribution < 1.29 is 0 Å². The minimum Gasteiger partial charge on any atom is -0.310 e. The van der Waals surface area contributed by atoms with E-state index >= 15 is 0 Å². The molecule has 0 spiro atoms. The lowest BCUT2D eigenvalue weighted by Crippen LogP contribution is -2.25. The summed E-state index contributed by atoms with van der Waals surface area (Å²) >= 11 is 6.31. The molecule has 2 rings (SSSR count). The number of hydrogen-bond donors (Lipinski definition) is 1. The molecule has 1 aromatic heterocycles. The molecule has 0 aliphatic heterocycles. The van der Waals surface area contributed by atoms with Gasteiger partial charge in [0.2, 0.25) is 0 Å². The van der Waals surface area contributed by atoms with E-state index in [-0.39, 0.29) is 6.04 Å². The van der Waals surface area contributed by atoms with E-state index < -0.39 is 0 Å². The molecule has 1 heterocycles. The molecule has 0 radical (unpaired) electrons. The van der Waals surface area contributed by atoms with E-state index in [2.05, 4.69) is 41.5 Å². The summed E-state index contributed by atoms with van der Waals surface area (Å²) in [6, 6.07) is 10.4. The van der Waals surface area contributed by atoms with Crippen molar-refractivity contribution in [2.75, 3.05) is 6.54 Å². The van der Waals surface area contributed by atoms with Crippen molar-refractivity contribution in [3.63, 3.8) is 0 Å². The Hall–Kier alpha value is -1.45. The van der Waals surface area contributed by atoms with Gasteiger partial charge in [0.25, 0.3) is 0 Å². The van der Waals surface area contributed by atoms with Gasteiger partial charge in [-0.25, -0.2) is 0 Å². The number of halogens is 1. The highest BCUT2D eigenvalue weighted by Gasteiger charge is 2.17. The molecule has 1 N–H and O–H groups in total. The summed E-state index contributed by atoms with van der Waals surface area (Å²) in [5, 5.41) is 12.9. The predicted octanol–water partition coefficient (Wildman–Crippen LogP) is 3.89. The van der Waals surface area contributed by atoms with Gasteiger partial charge < -0.3 is 5.32 Å². The van der Waals surface area contributed by atoms with Gasteiger partial charge in [0.15, 0.2) is 0 Å². The van der Waals surface area contributed by atoms with Crippen LogP contribution in [-0.4, -0.2) is 16.7 Å². The summed E-state index contributed by atoms with van der Waals surface area (Å²) in [4.78, 5) is 0. The Kier molecular flexibility index (Phi) is 5.71. The third kappa shape index (κ3) is 4.02. The Balaban J connectivity index is 2.35. The Morgan fingerprint density at radius 2 is 1.95 bits per heavy atom. The zero-order valence-corrected chi connectivity index (χ0v) is 13.6. The van der Waals surface area contributed by atoms with Gasteiger partial charge >= 0.3 is 0 Å². The van der Waals surface area contributed by atoms with Crippen molar-refractivity contribution in [3.05, 3.63) is 57.9 Å². The first-order valence-corrected chi connectivity index (χ1v) is 7.83. The number of likely N-dealkylation sites (N-methyl/N-ethyl adjacent to an activating group) is 1. The van der Waals surface area contributed by atoms with Crippen molar-refractivity contribution in [2.45, 2.75) is 39.7 Å². The molecule has 0 fully saturated rings. The molecule has 0 aliphatic rings. The summed E-state index contributed by atoms with van der Waals surface area (Å²) in [5.41, 5.74) is 4.39. The van der Waals surface area contributed by atoms with Gasteiger partial charge in [-0.1, -0.05) is 43.6 Å². The van der Waals surface area contributed by atoms with Gasteiger partial charge in [-0.05, 0) is 49.6 Å². The van der Waals surface area contributed by atoms with Crippen LogP contribution >= 0.6 is 11.6 Å². The smallest absolute Gasteiger partial charge is 0.0676 e. The molecule has 1 aromatic carbocycles. The standard InChI is InChI=1S/C17H22ClN3/c1-4-16-14(10-12(3)20-21-16)17(19-5-2)11-13-8-6-7-9-15(13)18/h6-10,17,19H,4-5,11H2,1-3H3. The Bertz CT molecular complexity index is 598. The highest BCUT2D eigenvalue weighted by atomic mass is 35.5. The summed E-state index contributed by atoms with van der Waals surface area (Å²) in [6.45, 7) is 7.11. The molecule has 1 unspecified atom stereocenters. The Morgan fingerprint density at radius 3 is 2.62 bits per heavy atom. The Morgan fingerprint density at radius 1 is 1.19 bits per heavy atom. The van der Waals surface area contributed by atoms with Crippen LogP contribution in [-0.2, 0) is 12.8 Å². The molecule has 0 aliphatic carbocycles. The number of nitrogens with one attached hydrogen (secondary N) is 1. The van der Waals surface area contributed by atoms with Gasteiger partial charge in [0, 0.05) is 11.1 Å². The first kappa shape index (κ1) is 15.9. The minimum absolute atomic E-state index is 0.207. The number of hydrogen-bond acceptors (Lipinski definition) is 3. The van der Waals surface area contributed by atoms with Crippen LogP contribution in [0.25, 0.3) is 0 Å². The third-order valence-corrected chi connectivity index (χ3v) is 3.94. The van der Waals surface area contributed by atoms with E-state index in [9.17, 15) is 0 Å². The number of benzene rings is 1. The van der Waals surface area contributed by atoms with Crippen LogP contribution in [0.5, 0.6) is 0 Å². The molecule has 112 valence electrons. The van der Waals surface area contributed by atoms with Gasteiger partial charge in [0.1, 0.15) is 0 Å². The fourth-order valence-electron chi connectivity index (χ4n) is 2.53. The maximum Gasteiger partial charge on any atom is 0.0676 e. The predicted molar refractivity (Wildman–Crippen MR) is 87.7 cm³/mol. The van der Waals surface area contributed by atoms with E-state index in [0.717, 1.165) is 41.4 Å². The first-order valence-electron chi connectivity index (χ1n) is 7.45. The molecule has 3 nitrogen and oxygen atoms in total. The van der Waals surface area contributed by atoms with Crippen molar-refractivity contribution in [1.29, 1.82) is 0 Å². The topological polar surface area (TPSA) is 37.8 Å². The van der Waals surface area contributed by atoms with Gasteiger partial charge in [0.05, 0.1) is 11.4 Å². The molecule has 0 saturated heterocycles. The molecule has 0 bridgehead atoms. The SMILES string of the molecule is CCNC(Cc1ccccc1Cl)c1cc(C)nnc1CC. The van der Waals surface area contributed by atoms with Gasteiger partial charge in [-0.3, -0.25) is 0 Å². The fraction of sp³-hybridized carbons (Fsp3) is 0.412. The summed E-state index contributed by atoms with van der Waals surface area (Å²) < 4.78 is 0. The summed E-state index contributed by atoms with van der Waals surface area (Å²) in [6.07, 6.45) is 1.73. The molecular formula is C17H22ClN3. The average molecular weight is 304 g/mol. The van der Waals surface area contributed by atoms with Crippen LogP contribution in [0.15, 0.2) is 30.3 Å². The van der Waals surface area contributed by atoms with Crippen LogP contribution in [0.4, 0.5) is 0 Å². The van der Waals surface area contributed by atoms with Crippen molar-refractivity contribution >= 4 is 11.6 Å². The largest absolute Gasteiger partial charge is 0.310 e. The number of nitrogens with zero attached hydrogens (tertiary/aromatic N) is 2. The second-order valence-corrected chi connectivity index (χ2v) is 5.55. The number of rotatable bonds is 6. The molecular weight excluding hydrogens is 282 g/mol. The lowest BCUT2D eigenvalue weighted by atomic mass is 9.96. The Labute approximate surface area is 131 Å². The van der Waals surface area contributed by atoms with E-state index in [1.54, 1.807) is 0 Å². The average Bonchev–Trinajstić information content (AvgIpc) is 2.49. The van der Waals surface area contributed by atoms with E-state index in [1.165, 1.54) is 5.56 Å². The van der Waals surface area contributed by atoms with Crippen LogP contribution in [0.2, 0.25) is 5.02 Å². The lowest BCUT2D eigenvalue weighted by Gasteiger charge is -2.21.